The second-order valence-electron chi connectivity index (χ2n) is 2.08. The van der Waals surface area contributed by atoms with Crippen LogP contribution < -0.4 is 0 Å². The molecule has 1 nitrogen and oxygen atoms in total. The number of aliphatic hydroxyl groups excluding tert-OH is 1. The Bertz CT molecular complexity index is 194. The molecule has 0 aliphatic carbocycles. The van der Waals surface area contributed by atoms with Gasteiger partial charge in [-0.25, -0.2) is 0 Å². The molecule has 0 spiro atoms. The van der Waals surface area contributed by atoms with Crippen LogP contribution in [0.2, 0.25) is 0 Å². The molecule has 0 atom stereocenters. The number of aryl methyl sites for hydroxylation is 1. The highest BCUT2D eigenvalue weighted by Crippen LogP contribution is 2.05. The Morgan fingerprint density at radius 1 is 1.00 bits per heavy atom. The summed E-state index contributed by atoms with van der Waals surface area (Å²) < 4.78 is 0. The Morgan fingerprint density at radius 2 is 1.46 bits per heavy atom. The van der Waals surface area contributed by atoms with E-state index in [1.165, 1.54) is 0 Å². The summed E-state index contributed by atoms with van der Waals surface area (Å²) >= 11 is 0. The van der Waals surface area contributed by atoms with Crippen LogP contribution in [0.25, 0.3) is 0 Å². The highest BCUT2D eigenvalue weighted by atomic mass is 16.3. The smallest absolute Gasteiger partial charge is 0.0684 e. The minimum atomic E-state index is 0.146. The molecule has 0 aromatic heterocycles. The maximum Gasteiger partial charge on any atom is 0.0684 e. The lowest BCUT2D eigenvalue weighted by Crippen LogP contribution is -1.85. The number of hydrogen-bond donors (Lipinski definition) is 1. The number of aliphatic hydroxyl groups is 1. The van der Waals surface area contributed by atoms with Gasteiger partial charge in [-0.1, -0.05) is 52.0 Å². The van der Waals surface area contributed by atoms with E-state index in [-0.39, 0.29) is 6.61 Å². The van der Waals surface area contributed by atoms with Crippen LogP contribution in [0.15, 0.2) is 24.3 Å². The highest BCUT2D eigenvalue weighted by Gasteiger charge is 1.90. The quantitative estimate of drug-likeness (QED) is 0.704. The van der Waals surface area contributed by atoms with Gasteiger partial charge in [0.25, 0.3) is 0 Å². The predicted molar refractivity (Wildman–Crippen MR) is 59.8 cm³/mol. The molecule has 0 fully saturated rings. The maximum atomic E-state index is 8.72. The molecule has 1 heteroatoms. The zero-order valence-electron chi connectivity index (χ0n) is 9.46. The lowest BCUT2D eigenvalue weighted by Gasteiger charge is -1.97. The Balaban J connectivity index is 0. The molecule has 0 saturated carbocycles. The van der Waals surface area contributed by atoms with E-state index in [1.807, 2.05) is 58.9 Å². The molecular weight excluding hydrogens is 160 g/mol. The number of benzene rings is 1. The largest absolute Gasteiger partial charge is 0.392 e. The van der Waals surface area contributed by atoms with Crippen LogP contribution in [-0.2, 0) is 6.61 Å². The van der Waals surface area contributed by atoms with Gasteiger partial charge in [-0.2, -0.15) is 0 Å². The fraction of sp³-hybridized carbons (Fsp3) is 0.500. The van der Waals surface area contributed by atoms with Crippen molar-refractivity contribution in [3.8, 4) is 0 Å². The molecule has 0 aliphatic rings. The van der Waals surface area contributed by atoms with Gasteiger partial charge in [0, 0.05) is 0 Å². The van der Waals surface area contributed by atoms with Gasteiger partial charge in [-0.05, 0) is 18.1 Å². The summed E-state index contributed by atoms with van der Waals surface area (Å²) in [7, 11) is 0. The highest BCUT2D eigenvalue weighted by molar-refractivity contribution is 5.24. The van der Waals surface area contributed by atoms with E-state index < -0.39 is 0 Å². The van der Waals surface area contributed by atoms with E-state index in [9.17, 15) is 0 Å². The molecule has 76 valence electrons. The monoisotopic (exact) mass is 182 g/mol. The SMILES string of the molecule is CC.CC.Cc1ccccc1CO. The van der Waals surface area contributed by atoms with E-state index >= 15 is 0 Å². The fourth-order valence-corrected chi connectivity index (χ4v) is 0.787. The van der Waals surface area contributed by atoms with Crippen molar-refractivity contribution in [2.75, 3.05) is 0 Å². The van der Waals surface area contributed by atoms with Gasteiger partial charge < -0.3 is 5.11 Å². The molecule has 0 radical (unpaired) electrons. The molecule has 0 heterocycles. The van der Waals surface area contributed by atoms with Crippen LogP contribution in [-0.4, -0.2) is 5.11 Å². The van der Waals surface area contributed by atoms with Crippen molar-refractivity contribution in [3.63, 3.8) is 0 Å². The van der Waals surface area contributed by atoms with Crippen molar-refractivity contribution < 1.29 is 5.11 Å². The normalized spacial score (nSPS) is 7.54. The van der Waals surface area contributed by atoms with Gasteiger partial charge in [0.1, 0.15) is 0 Å². The molecule has 1 rings (SSSR count). The molecule has 0 saturated heterocycles. The summed E-state index contributed by atoms with van der Waals surface area (Å²) in [6.45, 7) is 10.1. The fourth-order valence-electron chi connectivity index (χ4n) is 0.787. The topological polar surface area (TPSA) is 20.2 Å². The van der Waals surface area contributed by atoms with Gasteiger partial charge >= 0.3 is 0 Å². The summed E-state index contributed by atoms with van der Waals surface area (Å²) in [5, 5.41) is 8.72. The Labute approximate surface area is 82.4 Å². The maximum absolute atomic E-state index is 8.72. The van der Waals surface area contributed by atoms with Crippen molar-refractivity contribution in [2.24, 2.45) is 0 Å². The number of hydrogen-bond acceptors (Lipinski definition) is 1. The first-order chi connectivity index (χ1) is 6.34. The van der Waals surface area contributed by atoms with Crippen LogP contribution in [0.3, 0.4) is 0 Å². The minimum absolute atomic E-state index is 0.146. The average Bonchev–Trinajstić information content (AvgIpc) is 2.24. The zero-order valence-corrected chi connectivity index (χ0v) is 9.46. The van der Waals surface area contributed by atoms with Gasteiger partial charge in [-0.3, -0.25) is 0 Å². The van der Waals surface area contributed by atoms with Crippen LogP contribution >= 0.6 is 0 Å². The first kappa shape index (κ1) is 14.7. The average molecular weight is 182 g/mol. The summed E-state index contributed by atoms with van der Waals surface area (Å²) in [6.07, 6.45) is 0. The van der Waals surface area contributed by atoms with Crippen molar-refractivity contribution >= 4 is 0 Å². The van der Waals surface area contributed by atoms with Gasteiger partial charge in [-0.15, -0.1) is 0 Å². The molecule has 1 aromatic carbocycles. The summed E-state index contributed by atoms with van der Waals surface area (Å²) in [6, 6.07) is 7.81. The molecule has 13 heavy (non-hydrogen) atoms. The predicted octanol–water partition coefficient (Wildman–Crippen LogP) is 3.54. The van der Waals surface area contributed by atoms with Crippen LogP contribution in [0.4, 0.5) is 0 Å². The lowest BCUT2D eigenvalue weighted by atomic mass is 10.1. The summed E-state index contributed by atoms with van der Waals surface area (Å²) in [5.41, 5.74) is 2.16. The molecular formula is C12H22O. The van der Waals surface area contributed by atoms with Crippen molar-refractivity contribution in [1.82, 2.24) is 0 Å². The number of rotatable bonds is 1. The van der Waals surface area contributed by atoms with Crippen molar-refractivity contribution in [2.45, 2.75) is 41.2 Å². The van der Waals surface area contributed by atoms with Gasteiger partial charge in [0.2, 0.25) is 0 Å². The van der Waals surface area contributed by atoms with E-state index in [1.54, 1.807) is 0 Å². The Morgan fingerprint density at radius 3 is 1.77 bits per heavy atom. The Hall–Kier alpha value is -0.820. The minimum Gasteiger partial charge on any atom is -0.392 e. The van der Waals surface area contributed by atoms with Gasteiger partial charge in [0.05, 0.1) is 6.61 Å². The molecule has 0 aliphatic heterocycles. The summed E-state index contributed by atoms with van der Waals surface area (Å²) in [5.74, 6) is 0. The standard InChI is InChI=1S/C8H10O.2C2H6/c1-7-4-2-3-5-8(7)6-9;2*1-2/h2-5,9H,6H2,1H3;2*1-2H3. The van der Waals surface area contributed by atoms with Crippen molar-refractivity contribution in [1.29, 1.82) is 0 Å². The van der Waals surface area contributed by atoms with Crippen LogP contribution in [0.1, 0.15) is 38.8 Å². The van der Waals surface area contributed by atoms with E-state index in [2.05, 4.69) is 0 Å². The lowest BCUT2D eigenvalue weighted by molar-refractivity contribution is 0.281. The Kier molecular flexibility index (Phi) is 12.6. The second kappa shape index (κ2) is 11.2. The van der Waals surface area contributed by atoms with Crippen LogP contribution in [0, 0.1) is 6.92 Å². The van der Waals surface area contributed by atoms with Gasteiger partial charge in [0.15, 0.2) is 0 Å². The third kappa shape index (κ3) is 6.35. The van der Waals surface area contributed by atoms with Crippen LogP contribution in [0.5, 0.6) is 0 Å². The first-order valence-corrected chi connectivity index (χ1v) is 5.00. The van der Waals surface area contributed by atoms with E-state index in [0.29, 0.717) is 0 Å². The third-order valence-corrected chi connectivity index (χ3v) is 1.43. The zero-order chi connectivity index (χ0) is 10.7. The molecule has 1 aromatic rings. The molecule has 1 N–H and O–H groups in total. The summed E-state index contributed by atoms with van der Waals surface area (Å²) in [4.78, 5) is 0. The second-order valence-corrected chi connectivity index (χ2v) is 2.08. The molecule has 0 bridgehead atoms. The molecule has 0 unspecified atom stereocenters. The third-order valence-electron chi connectivity index (χ3n) is 1.43. The van der Waals surface area contributed by atoms with E-state index in [4.69, 9.17) is 5.11 Å². The van der Waals surface area contributed by atoms with Crippen molar-refractivity contribution in [3.05, 3.63) is 35.4 Å². The van der Waals surface area contributed by atoms with E-state index in [0.717, 1.165) is 11.1 Å². The first-order valence-electron chi connectivity index (χ1n) is 5.00. The molecule has 0 amide bonds.